The third-order valence-electron chi connectivity index (χ3n) is 3.28. The van der Waals surface area contributed by atoms with Crippen molar-refractivity contribution in [3.63, 3.8) is 0 Å². The summed E-state index contributed by atoms with van der Waals surface area (Å²) in [6, 6.07) is 11.0. The molecule has 0 aliphatic carbocycles. The average Bonchev–Trinajstić information content (AvgIpc) is 2.83. The topological polar surface area (TPSA) is 88.0 Å². The van der Waals surface area contributed by atoms with Crippen molar-refractivity contribution in [2.45, 2.75) is 13.8 Å². The molecule has 0 fully saturated rings. The number of aromatic amines is 1. The van der Waals surface area contributed by atoms with Crippen LogP contribution < -0.4 is 11.0 Å². The van der Waals surface area contributed by atoms with Crippen LogP contribution in [0.25, 0.3) is 5.69 Å². The zero-order valence-corrected chi connectivity index (χ0v) is 13.9. The van der Waals surface area contributed by atoms with Crippen LogP contribution >= 0.6 is 11.6 Å². The molecule has 2 N–H and O–H groups in total. The highest BCUT2D eigenvalue weighted by molar-refractivity contribution is 6.32. The lowest BCUT2D eigenvalue weighted by Gasteiger charge is -2.02. The van der Waals surface area contributed by atoms with Gasteiger partial charge in [0.2, 0.25) is 5.95 Å². The predicted molar refractivity (Wildman–Crippen MR) is 94.1 cm³/mol. The van der Waals surface area contributed by atoms with Crippen LogP contribution in [0.5, 0.6) is 0 Å². The fraction of sp³-hybridized carbons (Fsp3) is 0.125. The van der Waals surface area contributed by atoms with E-state index >= 15 is 0 Å². The van der Waals surface area contributed by atoms with E-state index in [1.165, 1.54) is 6.07 Å². The molecule has 0 atom stereocenters. The molecule has 0 saturated heterocycles. The summed E-state index contributed by atoms with van der Waals surface area (Å²) in [5.74, 6) is 0.264. The van der Waals surface area contributed by atoms with E-state index in [9.17, 15) is 4.79 Å². The van der Waals surface area contributed by atoms with Crippen LogP contribution in [-0.4, -0.2) is 26.0 Å². The fourth-order valence-corrected chi connectivity index (χ4v) is 2.51. The van der Waals surface area contributed by atoms with Gasteiger partial charge in [-0.25, -0.2) is 15.1 Å². The molecule has 0 spiro atoms. The van der Waals surface area contributed by atoms with Crippen molar-refractivity contribution in [1.29, 1.82) is 0 Å². The summed E-state index contributed by atoms with van der Waals surface area (Å²) in [4.78, 5) is 18.1. The predicted octanol–water partition coefficient (Wildman–Crippen LogP) is 2.67. The first-order valence-corrected chi connectivity index (χ1v) is 7.60. The molecule has 7 nitrogen and oxygen atoms in total. The standard InChI is InChI=1S/C16H15ClN6O/c1-10-8-14(24)20-16(19-10)21-18-9-13-11(2)22-23(15(13)17)12-6-4-3-5-7-12/h3-9H,1-2H3,(H2,19,20,21,24)/b18-9+. The second-order valence-electron chi connectivity index (χ2n) is 5.14. The van der Waals surface area contributed by atoms with E-state index in [1.807, 2.05) is 37.3 Å². The van der Waals surface area contributed by atoms with Crippen molar-refractivity contribution in [1.82, 2.24) is 19.7 Å². The van der Waals surface area contributed by atoms with Crippen LogP contribution in [-0.2, 0) is 0 Å². The summed E-state index contributed by atoms with van der Waals surface area (Å²) in [5.41, 5.74) is 5.32. The minimum Gasteiger partial charge on any atom is -0.291 e. The molecule has 0 radical (unpaired) electrons. The van der Waals surface area contributed by atoms with Gasteiger partial charge in [0.15, 0.2) is 0 Å². The van der Waals surface area contributed by atoms with Gasteiger partial charge in [0.05, 0.1) is 23.2 Å². The van der Waals surface area contributed by atoms with E-state index in [-0.39, 0.29) is 11.5 Å². The summed E-state index contributed by atoms with van der Waals surface area (Å²) < 4.78 is 1.64. The number of H-pyrrole nitrogens is 1. The van der Waals surface area contributed by atoms with E-state index < -0.39 is 0 Å². The molecule has 1 aromatic carbocycles. The van der Waals surface area contributed by atoms with Gasteiger partial charge >= 0.3 is 0 Å². The van der Waals surface area contributed by atoms with E-state index in [4.69, 9.17) is 11.6 Å². The van der Waals surface area contributed by atoms with Crippen LogP contribution in [0.2, 0.25) is 5.15 Å². The summed E-state index contributed by atoms with van der Waals surface area (Å²) in [7, 11) is 0. The summed E-state index contributed by atoms with van der Waals surface area (Å²) in [5, 5.41) is 8.96. The zero-order valence-electron chi connectivity index (χ0n) is 13.1. The molecule has 0 aliphatic rings. The van der Waals surface area contributed by atoms with Gasteiger partial charge in [0.25, 0.3) is 5.56 Å². The van der Waals surface area contributed by atoms with Crippen LogP contribution in [0.4, 0.5) is 5.95 Å². The monoisotopic (exact) mass is 342 g/mol. The number of para-hydroxylation sites is 1. The molecule has 122 valence electrons. The van der Waals surface area contributed by atoms with Crippen LogP contribution in [0.15, 0.2) is 46.3 Å². The highest BCUT2D eigenvalue weighted by Crippen LogP contribution is 2.21. The van der Waals surface area contributed by atoms with Gasteiger partial charge in [-0.05, 0) is 26.0 Å². The second-order valence-corrected chi connectivity index (χ2v) is 5.50. The minimum atomic E-state index is -0.244. The zero-order chi connectivity index (χ0) is 17.1. The van der Waals surface area contributed by atoms with Crippen molar-refractivity contribution < 1.29 is 0 Å². The van der Waals surface area contributed by atoms with Gasteiger partial charge in [-0.15, -0.1) is 0 Å². The molecule has 0 unspecified atom stereocenters. The van der Waals surface area contributed by atoms with E-state index in [0.717, 1.165) is 11.4 Å². The number of hydrazone groups is 1. The van der Waals surface area contributed by atoms with E-state index in [1.54, 1.807) is 17.8 Å². The van der Waals surface area contributed by atoms with Gasteiger partial charge in [-0.1, -0.05) is 29.8 Å². The highest BCUT2D eigenvalue weighted by atomic mass is 35.5. The smallest absolute Gasteiger partial charge is 0.252 e. The third-order valence-corrected chi connectivity index (χ3v) is 3.65. The fourth-order valence-electron chi connectivity index (χ4n) is 2.19. The van der Waals surface area contributed by atoms with Crippen LogP contribution in [0.1, 0.15) is 17.0 Å². The van der Waals surface area contributed by atoms with Gasteiger partial charge in [-0.3, -0.25) is 9.78 Å². The van der Waals surface area contributed by atoms with E-state index in [0.29, 0.717) is 16.4 Å². The van der Waals surface area contributed by atoms with Crippen molar-refractivity contribution in [2.24, 2.45) is 5.10 Å². The Morgan fingerprint density at radius 2 is 2.04 bits per heavy atom. The molecular formula is C16H15ClN6O. The van der Waals surface area contributed by atoms with Gasteiger partial charge in [0, 0.05) is 11.8 Å². The van der Waals surface area contributed by atoms with Crippen molar-refractivity contribution >= 4 is 23.8 Å². The summed E-state index contributed by atoms with van der Waals surface area (Å²) in [6.45, 7) is 3.58. The van der Waals surface area contributed by atoms with Gasteiger partial charge < -0.3 is 0 Å². The Morgan fingerprint density at radius 3 is 2.75 bits per heavy atom. The molecule has 0 aliphatic heterocycles. The van der Waals surface area contributed by atoms with Crippen LogP contribution in [0, 0.1) is 13.8 Å². The lowest BCUT2D eigenvalue weighted by Crippen LogP contribution is -2.10. The van der Waals surface area contributed by atoms with E-state index in [2.05, 4.69) is 25.6 Å². The Morgan fingerprint density at radius 1 is 1.29 bits per heavy atom. The number of benzene rings is 1. The quantitative estimate of drug-likeness (QED) is 0.563. The molecule has 8 heteroatoms. The Labute approximate surface area is 143 Å². The Kier molecular flexibility index (Phi) is 4.43. The average molecular weight is 343 g/mol. The number of aryl methyl sites for hydroxylation is 2. The largest absolute Gasteiger partial charge is 0.291 e. The highest BCUT2D eigenvalue weighted by Gasteiger charge is 2.12. The van der Waals surface area contributed by atoms with Crippen molar-refractivity contribution in [2.75, 3.05) is 5.43 Å². The van der Waals surface area contributed by atoms with Gasteiger partial charge in [-0.2, -0.15) is 10.2 Å². The Bertz CT molecular complexity index is 945. The maximum atomic E-state index is 11.4. The number of hydrogen-bond donors (Lipinski definition) is 2. The Balaban J connectivity index is 1.85. The Hall–Kier alpha value is -2.93. The molecule has 2 aromatic heterocycles. The number of nitrogens with zero attached hydrogens (tertiary/aromatic N) is 4. The molecule has 3 aromatic rings. The normalized spacial score (nSPS) is 11.1. The molecular weight excluding hydrogens is 328 g/mol. The number of anilines is 1. The first-order valence-electron chi connectivity index (χ1n) is 7.22. The van der Waals surface area contributed by atoms with Crippen molar-refractivity contribution in [3.05, 3.63) is 68.9 Å². The summed E-state index contributed by atoms with van der Waals surface area (Å²) in [6.07, 6.45) is 1.55. The summed E-state index contributed by atoms with van der Waals surface area (Å²) >= 11 is 6.40. The first kappa shape index (κ1) is 15.9. The van der Waals surface area contributed by atoms with Gasteiger partial charge in [0.1, 0.15) is 5.15 Å². The number of aromatic nitrogens is 4. The third kappa shape index (κ3) is 3.36. The molecule has 2 heterocycles. The lowest BCUT2D eigenvalue weighted by atomic mass is 10.3. The number of nitrogens with one attached hydrogen (secondary N) is 2. The van der Waals surface area contributed by atoms with Crippen molar-refractivity contribution in [3.8, 4) is 5.69 Å². The molecule has 0 bridgehead atoms. The maximum absolute atomic E-state index is 11.4. The number of halogens is 1. The first-order chi connectivity index (χ1) is 11.5. The number of hydrogen-bond acceptors (Lipinski definition) is 5. The SMILES string of the molecule is Cc1cc(=O)[nH]c(N/N=C/c2c(C)nn(-c3ccccc3)c2Cl)n1. The number of rotatable bonds is 4. The molecule has 24 heavy (non-hydrogen) atoms. The second kappa shape index (κ2) is 6.67. The minimum absolute atomic E-state index is 0.244. The molecule has 0 amide bonds. The molecule has 3 rings (SSSR count). The molecule has 0 saturated carbocycles. The maximum Gasteiger partial charge on any atom is 0.252 e. The van der Waals surface area contributed by atoms with Crippen LogP contribution in [0.3, 0.4) is 0 Å². The lowest BCUT2D eigenvalue weighted by molar-refractivity contribution is 0.863.